The van der Waals surface area contributed by atoms with Crippen LogP contribution in [0.25, 0.3) is 0 Å². The molecule has 0 bridgehead atoms. The van der Waals surface area contributed by atoms with Crippen LogP contribution in [-0.4, -0.2) is 57.0 Å². The highest BCUT2D eigenvalue weighted by Crippen LogP contribution is 2.21. The molecule has 0 aromatic carbocycles. The van der Waals surface area contributed by atoms with Gasteiger partial charge in [0.05, 0.1) is 25.7 Å². The van der Waals surface area contributed by atoms with Gasteiger partial charge < -0.3 is 14.4 Å². The molecule has 0 aliphatic carbocycles. The van der Waals surface area contributed by atoms with E-state index in [0.29, 0.717) is 19.8 Å². The Morgan fingerprint density at radius 2 is 2.30 bits per heavy atom. The lowest BCUT2D eigenvalue weighted by Gasteiger charge is -2.26. The third-order valence-corrected chi connectivity index (χ3v) is 4.26. The van der Waals surface area contributed by atoms with Crippen LogP contribution < -0.4 is 0 Å². The summed E-state index contributed by atoms with van der Waals surface area (Å²) in [6, 6.07) is -0.0935. The third-order valence-electron chi connectivity index (χ3n) is 4.26. The van der Waals surface area contributed by atoms with Gasteiger partial charge in [-0.3, -0.25) is 9.69 Å². The molecule has 0 amide bonds. The molecule has 1 saturated heterocycles. The first-order chi connectivity index (χ1) is 9.66. The monoisotopic (exact) mass is 280 g/mol. The van der Waals surface area contributed by atoms with Crippen LogP contribution in [0.1, 0.15) is 24.5 Å². The van der Waals surface area contributed by atoms with Crippen molar-refractivity contribution >= 4 is 5.97 Å². The van der Waals surface area contributed by atoms with Gasteiger partial charge in [0.1, 0.15) is 11.6 Å². The van der Waals surface area contributed by atoms with E-state index in [9.17, 15) is 9.90 Å². The number of carboxylic acids is 1. The Balaban J connectivity index is 1.71. The quantitative estimate of drug-likeness (QED) is 0.845. The fourth-order valence-electron chi connectivity index (χ4n) is 3.04. The zero-order valence-electron chi connectivity index (χ0n) is 11.7. The lowest BCUT2D eigenvalue weighted by molar-refractivity contribution is -0.143. The van der Waals surface area contributed by atoms with Gasteiger partial charge in [0.2, 0.25) is 0 Å². The highest BCUT2D eigenvalue weighted by Gasteiger charge is 2.37. The van der Waals surface area contributed by atoms with E-state index in [1.807, 2.05) is 11.9 Å². The SMILES string of the molecule is CN(Cc1nnc2n1CCCC2)C1COCC1C(=O)O. The smallest absolute Gasteiger partial charge is 0.310 e. The predicted molar refractivity (Wildman–Crippen MR) is 70.2 cm³/mol. The number of ether oxygens (including phenoxy) is 1. The summed E-state index contributed by atoms with van der Waals surface area (Å²) in [5.41, 5.74) is 0. The zero-order valence-corrected chi connectivity index (χ0v) is 11.7. The van der Waals surface area contributed by atoms with E-state index in [1.165, 1.54) is 6.42 Å². The van der Waals surface area contributed by atoms with Gasteiger partial charge in [-0.15, -0.1) is 10.2 Å². The van der Waals surface area contributed by atoms with E-state index >= 15 is 0 Å². The summed E-state index contributed by atoms with van der Waals surface area (Å²) in [6.45, 7) is 2.34. The predicted octanol–water partition coefficient (Wildman–Crippen LogP) is 0.146. The molecule has 0 radical (unpaired) electrons. The molecule has 2 aliphatic rings. The second-order valence-electron chi connectivity index (χ2n) is 5.61. The summed E-state index contributed by atoms with van der Waals surface area (Å²) < 4.78 is 7.49. The minimum atomic E-state index is -0.789. The van der Waals surface area contributed by atoms with Crippen LogP contribution >= 0.6 is 0 Å². The molecule has 110 valence electrons. The van der Waals surface area contributed by atoms with Crippen molar-refractivity contribution in [2.45, 2.75) is 38.4 Å². The van der Waals surface area contributed by atoms with Gasteiger partial charge in [0.15, 0.2) is 0 Å². The fraction of sp³-hybridized carbons (Fsp3) is 0.769. The van der Waals surface area contributed by atoms with E-state index in [4.69, 9.17) is 4.74 Å². The van der Waals surface area contributed by atoms with Crippen molar-refractivity contribution in [1.82, 2.24) is 19.7 Å². The van der Waals surface area contributed by atoms with Crippen molar-refractivity contribution in [3.8, 4) is 0 Å². The molecule has 1 fully saturated rings. The normalized spacial score (nSPS) is 25.9. The summed E-state index contributed by atoms with van der Waals surface area (Å²) >= 11 is 0. The standard InChI is InChI=1S/C13H20N4O3/c1-16(10-8-20-7-9(10)13(18)19)6-12-15-14-11-4-2-3-5-17(11)12/h9-10H,2-8H2,1H3,(H,18,19). The van der Waals surface area contributed by atoms with Gasteiger partial charge in [-0.05, 0) is 19.9 Å². The molecular weight excluding hydrogens is 260 g/mol. The van der Waals surface area contributed by atoms with Gasteiger partial charge in [0, 0.05) is 19.0 Å². The molecule has 20 heavy (non-hydrogen) atoms. The minimum Gasteiger partial charge on any atom is -0.481 e. The lowest BCUT2D eigenvalue weighted by Crippen LogP contribution is -2.40. The molecular formula is C13H20N4O3. The second-order valence-corrected chi connectivity index (χ2v) is 5.61. The van der Waals surface area contributed by atoms with E-state index in [2.05, 4.69) is 14.8 Å². The van der Waals surface area contributed by atoms with Crippen LogP contribution in [0.5, 0.6) is 0 Å². The number of nitrogens with zero attached hydrogens (tertiary/aromatic N) is 4. The van der Waals surface area contributed by atoms with E-state index in [0.717, 1.165) is 31.0 Å². The molecule has 2 unspecified atom stereocenters. The highest BCUT2D eigenvalue weighted by molar-refractivity contribution is 5.71. The van der Waals surface area contributed by atoms with Crippen LogP contribution in [0.15, 0.2) is 0 Å². The molecule has 2 aliphatic heterocycles. The third kappa shape index (κ3) is 2.43. The Kier molecular flexibility index (Phi) is 3.71. The van der Waals surface area contributed by atoms with Crippen LogP contribution in [0.2, 0.25) is 0 Å². The summed E-state index contributed by atoms with van der Waals surface area (Å²) in [7, 11) is 1.93. The highest BCUT2D eigenvalue weighted by atomic mass is 16.5. The van der Waals surface area contributed by atoms with Crippen LogP contribution in [0.4, 0.5) is 0 Å². The molecule has 3 heterocycles. The topological polar surface area (TPSA) is 80.5 Å². The molecule has 7 nitrogen and oxygen atoms in total. The van der Waals surface area contributed by atoms with Crippen LogP contribution in [0.3, 0.4) is 0 Å². The first-order valence-corrected chi connectivity index (χ1v) is 7.08. The van der Waals surface area contributed by atoms with Crippen molar-refractivity contribution < 1.29 is 14.6 Å². The maximum absolute atomic E-state index is 11.2. The number of fused-ring (bicyclic) bond motifs is 1. The number of likely N-dealkylation sites (N-methyl/N-ethyl adjacent to an activating group) is 1. The number of aliphatic carboxylic acids is 1. The summed E-state index contributed by atoms with van der Waals surface area (Å²) in [6.07, 6.45) is 3.32. The largest absolute Gasteiger partial charge is 0.481 e. The van der Waals surface area contributed by atoms with Crippen molar-refractivity contribution in [2.75, 3.05) is 20.3 Å². The molecule has 1 aromatic heterocycles. The Morgan fingerprint density at radius 3 is 3.10 bits per heavy atom. The van der Waals surface area contributed by atoms with E-state index in [1.54, 1.807) is 0 Å². The maximum atomic E-state index is 11.2. The number of aryl methyl sites for hydroxylation is 1. The van der Waals surface area contributed by atoms with Gasteiger partial charge >= 0.3 is 5.97 Å². The first kappa shape index (κ1) is 13.5. The Labute approximate surface area is 117 Å². The van der Waals surface area contributed by atoms with Gasteiger partial charge in [-0.1, -0.05) is 0 Å². The van der Waals surface area contributed by atoms with Crippen molar-refractivity contribution in [1.29, 1.82) is 0 Å². The molecule has 1 aromatic rings. The Morgan fingerprint density at radius 1 is 1.45 bits per heavy atom. The van der Waals surface area contributed by atoms with E-state index in [-0.39, 0.29) is 6.04 Å². The molecule has 2 atom stereocenters. The molecule has 0 saturated carbocycles. The average Bonchev–Trinajstić information content (AvgIpc) is 3.06. The summed E-state index contributed by atoms with van der Waals surface area (Å²) in [4.78, 5) is 13.2. The number of rotatable bonds is 4. The Bertz CT molecular complexity index is 502. The number of carboxylic acid groups (broad SMARTS) is 1. The number of carbonyl (C=O) groups is 1. The van der Waals surface area contributed by atoms with Crippen molar-refractivity contribution in [3.05, 3.63) is 11.6 Å². The fourth-order valence-corrected chi connectivity index (χ4v) is 3.04. The second kappa shape index (κ2) is 5.49. The maximum Gasteiger partial charge on any atom is 0.310 e. The zero-order chi connectivity index (χ0) is 14.1. The van der Waals surface area contributed by atoms with Gasteiger partial charge in [-0.2, -0.15) is 0 Å². The molecule has 1 N–H and O–H groups in total. The Hall–Kier alpha value is -1.47. The molecule has 3 rings (SSSR count). The van der Waals surface area contributed by atoms with Crippen molar-refractivity contribution in [3.63, 3.8) is 0 Å². The lowest BCUT2D eigenvalue weighted by atomic mass is 10.0. The summed E-state index contributed by atoms with van der Waals surface area (Å²) in [5, 5.41) is 17.7. The minimum absolute atomic E-state index is 0.0935. The van der Waals surface area contributed by atoms with Crippen LogP contribution in [0, 0.1) is 5.92 Å². The summed E-state index contributed by atoms with van der Waals surface area (Å²) in [5.74, 6) is 0.738. The number of hydrogen-bond donors (Lipinski definition) is 1. The van der Waals surface area contributed by atoms with Crippen LogP contribution in [-0.2, 0) is 29.0 Å². The molecule has 7 heteroatoms. The first-order valence-electron chi connectivity index (χ1n) is 7.08. The number of hydrogen-bond acceptors (Lipinski definition) is 5. The average molecular weight is 280 g/mol. The van der Waals surface area contributed by atoms with Gasteiger partial charge in [-0.25, -0.2) is 0 Å². The van der Waals surface area contributed by atoms with Gasteiger partial charge in [0.25, 0.3) is 0 Å². The molecule has 0 spiro atoms. The van der Waals surface area contributed by atoms with Crippen molar-refractivity contribution in [2.24, 2.45) is 5.92 Å². The number of aromatic nitrogens is 3. The van der Waals surface area contributed by atoms with E-state index < -0.39 is 11.9 Å².